The number of nitrogens with one attached hydrogen (secondary N) is 1. The Labute approximate surface area is 278 Å². The normalized spacial score (nSPS) is 21.7. The summed E-state index contributed by atoms with van der Waals surface area (Å²) in [5.74, 6) is -0.169. The van der Waals surface area contributed by atoms with Crippen molar-refractivity contribution in [3.8, 4) is 0 Å². The molecule has 0 unspecified atom stereocenters. The van der Waals surface area contributed by atoms with E-state index in [9.17, 15) is 19.2 Å². The maximum atomic E-state index is 14.1. The van der Waals surface area contributed by atoms with E-state index in [-0.39, 0.29) is 24.2 Å². The molecule has 5 rings (SSSR count). The van der Waals surface area contributed by atoms with Crippen LogP contribution in [0.1, 0.15) is 50.8 Å². The number of β-lactam (4-membered cyclic amide) rings is 1. The number of carbonyl (C=O) groups excluding carboxylic acids is 4. The average molecular weight is 665 g/mol. The number of alkyl carbamates (subject to hydrolysis) is 1. The van der Waals surface area contributed by atoms with Gasteiger partial charge >= 0.3 is 12.1 Å². The van der Waals surface area contributed by atoms with Crippen LogP contribution in [-0.4, -0.2) is 81.3 Å². The smallest absolute Gasteiger partial charge is 0.408 e. The van der Waals surface area contributed by atoms with Gasteiger partial charge in [0, 0.05) is 17.5 Å². The molecular weight excluding hydrogens is 625 g/mol. The molecule has 0 bridgehead atoms. The molecule has 2 aromatic rings. The Hall–Kier alpha value is -3.74. The first-order valence-electron chi connectivity index (χ1n) is 15.3. The van der Waals surface area contributed by atoms with Crippen LogP contribution in [0.3, 0.4) is 0 Å². The van der Waals surface area contributed by atoms with Crippen molar-refractivity contribution in [3.05, 3.63) is 94.5 Å². The van der Waals surface area contributed by atoms with Crippen molar-refractivity contribution in [1.82, 2.24) is 15.1 Å². The van der Waals surface area contributed by atoms with Crippen molar-refractivity contribution in [1.29, 1.82) is 0 Å². The third kappa shape index (κ3) is 8.15. The molecule has 0 saturated carbocycles. The van der Waals surface area contributed by atoms with Gasteiger partial charge in [0.2, 0.25) is 5.91 Å². The SMILES string of the molecule is CC(C)(C)OC(=O)N[C@@H]1C(=O)N2C(C(=O)OC(c3ccccc3)c3ccccc3)=C(C=CSC[C@@H]3CCCN3CC(N)=O)CS[C@H]12. The van der Waals surface area contributed by atoms with Gasteiger partial charge in [-0.15, -0.1) is 23.5 Å². The van der Waals surface area contributed by atoms with Gasteiger partial charge in [0.1, 0.15) is 22.7 Å². The van der Waals surface area contributed by atoms with Crippen LogP contribution in [0.2, 0.25) is 0 Å². The summed E-state index contributed by atoms with van der Waals surface area (Å²) in [6.45, 7) is 6.34. The monoisotopic (exact) mass is 664 g/mol. The van der Waals surface area contributed by atoms with E-state index in [2.05, 4.69) is 10.2 Å². The summed E-state index contributed by atoms with van der Waals surface area (Å²) in [4.78, 5) is 55.2. The van der Waals surface area contributed by atoms with Crippen molar-refractivity contribution in [2.24, 2.45) is 5.73 Å². The van der Waals surface area contributed by atoms with Gasteiger partial charge in [-0.1, -0.05) is 60.7 Å². The van der Waals surface area contributed by atoms with Crippen LogP contribution in [0.4, 0.5) is 4.79 Å². The molecule has 3 atom stereocenters. The summed E-state index contributed by atoms with van der Waals surface area (Å²) in [5.41, 5.74) is 7.13. The van der Waals surface area contributed by atoms with E-state index in [1.807, 2.05) is 72.1 Å². The van der Waals surface area contributed by atoms with Crippen LogP contribution in [0.5, 0.6) is 0 Å². The zero-order valence-electron chi connectivity index (χ0n) is 26.2. The van der Waals surface area contributed by atoms with Crippen LogP contribution in [-0.2, 0) is 23.9 Å². The van der Waals surface area contributed by atoms with Crippen molar-refractivity contribution in [2.45, 2.75) is 62.8 Å². The molecule has 2 saturated heterocycles. The van der Waals surface area contributed by atoms with Crippen LogP contribution in [0, 0.1) is 0 Å². The minimum Gasteiger partial charge on any atom is -0.448 e. The average Bonchev–Trinajstić information content (AvgIpc) is 3.46. The fourth-order valence-corrected chi connectivity index (χ4v) is 8.02. The van der Waals surface area contributed by atoms with Crippen LogP contribution in [0.15, 0.2) is 83.4 Å². The number of fused-ring (bicyclic) bond motifs is 1. The summed E-state index contributed by atoms with van der Waals surface area (Å²) in [7, 11) is 0. The number of allylic oxidation sites excluding steroid dienone is 1. The fourth-order valence-electron chi connectivity index (χ4n) is 5.73. The Morgan fingerprint density at radius 3 is 2.35 bits per heavy atom. The minimum absolute atomic E-state index is 0.168. The second kappa shape index (κ2) is 14.8. The highest BCUT2D eigenvalue weighted by Gasteiger charge is 2.54. The van der Waals surface area contributed by atoms with E-state index in [1.165, 1.54) is 16.7 Å². The third-order valence-electron chi connectivity index (χ3n) is 7.80. The number of hydrogen-bond acceptors (Lipinski definition) is 9. The van der Waals surface area contributed by atoms with Gasteiger partial charge in [0.25, 0.3) is 5.91 Å². The Kier molecular flexibility index (Phi) is 10.8. The van der Waals surface area contributed by atoms with Crippen molar-refractivity contribution < 1.29 is 28.7 Å². The fraction of sp³-hybridized carbons (Fsp3) is 0.412. The molecule has 3 amide bonds. The molecule has 3 aliphatic heterocycles. The standard InChI is InChI=1S/C34H40N4O6S2/c1-34(2,3)44-33(42)36-27-30(40)38-28(32(41)43-29(22-11-6-4-7-12-22)23-13-8-5-9-14-23)24(20-46-31(27)38)16-18-45-21-25-15-10-17-37(25)19-26(35)39/h4-9,11-14,16,18,25,27,29,31H,10,15,17,19-21H2,1-3H3,(H2,35,39)(H,36,42)/t25-,27+,31+/m0/s1. The quantitative estimate of drug-likeness (QED) is 0.262. The Balaban J connectivity index is 1.39. The number of nitrogens with two attached hydrogens (primary N) is 1. The van der Waals surface area contributed by atoms with Crippen molar-refractivity contribution >= 4 is 47.4 Å². The Morgan fingerprint density at radius 1 is 1.09 bits per heavy atom. The van der Waals surface area contributed by atoms with E-state index < -0.39 is 41.1 Å². The maximum absolute atomic E-state index is 14.1. The van der Waals surface area contributed by atoms with Gasteiger partial charge in [-0.25, -0.2) is 9.59 Å². The lowest BCUT2D eigenvalue weighted by atomic mass is 10.0. The molecule has 0 spiro atoms. The summed E-state index contributed by atoms with van der Waals surface area (Å²) >= 11 is 3.05. The van der Waals surface area contributed by atoms with E-state index in [0.717, 1.165) is 36.3 Å². The molecule has 10 nitrogen and oxygen atoms in total. The van der Waals surface area contributed by atoms with E-state index in [1.54, 1.807) is 32.5 Å². The topological polar surface area (TPSA) is 131 Å². The molecule has 3 aliphatic rings. The van der Waals surface area contributed by atoms with Gasteiger partial charge in [0.15, 0.2) is 6.10 Å². The van der Waals surface area contributed by atoms with E-state index in [0.29, 0.717) is 11.3 Å². The highest BCUT2D eigenvalue weighted by Crippen LogP contribution is 2.42. The van der Waals surface area contributed by atoms with Gasteiger partial charge in [-0.3, -0.25) is 19.4 Å². The molecule has 2 aromatic carbocycles. The first-order chi connectivity index (χ1) is 22.0. The lowest BCUT2D eigenvalue weighted by molar-refractivity contribution is -0.153. The number of ether oxygens (including phenoxy) is 2. The highest BCUT2D eigenvalue weighted by molar-refractivity contribution is 8.02. The molecule has 0 radical (unpaired) electrons. The van der Waals surface area contributed by atoms with Crippen LogP contribution in [0.25, 0.3) is 0 Å². The van der Waals surface area contributed by atoms with E-state index in [4.69, 9.17) is 15.2 Å². The number of benzene rings is 2. The number of thioether (sulfide) groups is 2. The lowest BCUT2D eigenvalue weighted by Crippen LogP contribution is -2.70. The molecule has 3 N–H and O–H groups in total. The maximum Gasteiger partial charge on any atom is 0.408 e. The van der Waals surface area contributed by atoms with Crippen molar-refractivity contribution in [3.63, 3.8) is 0 Å². The third-order valence-corrected chi connectivity index (χ3v) is 10.0. The molecule has 2 fully saturated rings. The second-order valence-corrected chi connectivity index (χ2v) is 14.4. The summed E-state index contributed by atoms with van der Waals surface area (Å²) in [6.07, 6.45) is 2.48. The molecule has 3 heterocycles. The van der Waals surface area contributed by atoms with Gasteiger partial charge < -0.3 is 20.5 Å². The molecular formula is C34H40N4O6S2. The Bertz CT molecular complexity index is 1450. The summed E-state index contributed by atoms with van der Waals surface area (Å²) in [6, 6.07) is 18.3. The number of likely N-dealkylation sites (tertiary alicyclic amines) is 1. The molecule has 46 heavy (non-hydrogen) atoms. The van der Waals surface area contributed by atoms with Gasteiger partial charge in [-0.2, -0.15) is 0 Å². The predicted octanol–water partition coefficient (Wildman–Crippen LogP) is 4.58. The van der Waals surface area contributed by atoms with Crippen LogP contribution >= 0.6 is 23.5 Å². The molecule has 0 aromatic heterocycles. The second-order valence-electron chi connectivity index (χ2n) is 12.4. The predicted molar refractivity (Wildman–Crippen MR) is 179 cm³/mol. The molecule has 12 heteroatoms. The number of esters is 1. The number of amides is 3. The molecule has 0 aliphatic carbocycles. The summed E-state index contributed by atoms with van der Waals surface area (Å²) in [5, 5.41) is 4.12. The number of rotatable bonds is 11. The number of nitrogens with zero attached hydrogens (tertiary/aromatic N) is 2. The largest absolute Gasteiger partial charge is 0.448 e. The lowest BCUT2D eigenvalue weighted by Gasteiger charge is -2.49. The molecule has 244 valence electrons. The first kappa shape index (κ1) is 33.6. The number of primary amides is 1. The van der Waals surface area contributed by atoms with Crippen LogP contribution < -0.4 is 11.1 Å². The van der Waals surface area contributed by atoms with Crippen molar-refractivity contribution in [2.75, 3.05) is 24.6 Å². The van der Waals surface area contributed by atoms with Gasteiger partial charge in [0.05, 0.1) is 6.54 Å². The first-order valence-corrected chi connectivity index (χ1v) is 17.4. The zero-order valence-corrected chi connectivity index (χ0v) is 27.9. The Morgan fingerprint density at radius 2 is 1.74 bits per heavy atom. The minimum atomic E-state index is -0.833. The van der Waals surface area contributed by atoms with E-state index >= 15 is 0 Å². The summed E-state index contributed by atoms with van der Waals surface area (Å²) < 4.78 is 11.6. The number of carbonyl (C=O) groups is 4. The zero-order chi connectivity index (χ0) is 32.8. The highest BCUT2D eigenvalue weighted by atomic mass is 32.2. The number of hydrogen-bond donors (Lipinski definition) is 2. The van der Waals surface area contributed by atoms with Gasteiger partial charge in [-0.05, 0) is 68.3 Å².